The summed E-state index contributed by atoms with van der Waals surface area (Å²) in [5, 5.41) is 13.0. The number of carbonyl (C=O) groups is 1. The van der Waals surface area contributed by atoms with E-state index in [1.807, 2.05) is 36.4 Å². The van der Waals surface area contributed by atoms with Crippen LogP contribution < -0.4 is 5.32 Å². The molecule has 2 heterocycles. The molecule has 0 radical (unpaired) electrons. The molecule has 0 saturated carbocycles. The van der Waals surface area contributed by atoms with Crippen molar-refractivity contribution in [3.8, 4) is 11.5 Å². The number of hydrogen-bond acceptors (Lipinski definition) is 4. The van der Waals surface area contributed by atoms with E-state index in [1.165, 1.54) is 0 Å². The quantitative estimate of drug-likeness (QED) is 0.722. The molecule has 0 aliphatic carbocycles. The molecule has 1 unspecified atom stereocenters. The molecule has 25 heavy (non-hydrogen) atoms. The highest BCUT2D eigenvalue weighted by Gasteiger charge is 2.13. The largest absolute Gasteiger partial charge is 0.463 e. The van der Waals surface area contributed by atoms with E-state index in [4.69, 9.17) is 4.42 Å². The third-order valence-electron chi connectivity index (χ3n) is 3.99. The van der Waals surface area contributed by atoms with Gasteiger partial charge in [0.25, 0.3) is 5.91 Å². The van der Waals surface area contributed by atoms with Crippen molar-refractivity contribution in [1.82, 2.24) is 10.3 Å². The summed E-state index contributed by atoms with van der Waals surface area (Å²) >= 11 is 0. The summed E-state index contributed by atoms with van der Waals surface area (Å²) < 4.78 is 5.32. The summed E-state index contributed by atoms with van der Waals surface area (Å²) in [5.41, 5.74) is 2.69. The van der Waals surface area contributed by atoms with Crippen LogP contribution in [0.25, 0.3) is 11.5 Å². The Bertz CT molecular complexity index is 829. The first kappa shape index (κ1) is 16.9. The zero-order valence-corrected chi connectivity index (χ0v) is 14.0. The number of aryl methyl sites for hydroxylation is 1. The number of nitrogens with one attached hydrogen (secondary N) is 1. The molecule has 0 saturated heterocycles. The summed E-state index contributed by atoms with van der Waals surface area (Å²) in [4.78, 5) is 16.7. The molecule has 3 rings (SSSR count). The number of aromatic nitrogens is 1. The van der Waals surface area contributed by atoms with E-state index in [0.29, 0.717) is 35.7 Å². The van der Waals surface area contributed by atoms with E-state index in [2.05, 4.69) is 10.3 Å². The average molecular weight is 336 g/mol. The molecule has 0 bridgehead atoms. The highest BCUT2D eigenvalue weighted by molar-refractivity contribution is 5.95. The summed E-state index contributed by atoms with van der Waals surface area (Å²) in [7, 11) is 0. The standard InChI is InChI=1S/C20H20N2O3/c1-14-16(9-10-17(22-14)19-8-5-13-25-19)20(24)21-12-11-18(23)15-6-3-2-4-7-15/h2-10,13,18,23H,11-12H2,1H3,(H,21,24). The van der Waals surface area contributed by atoms with Gasteiger partial charge in [-0.1, -0.05) is 30.3 Å². The maximum Gasteiger partial charge on any atom is 0.253 e. The molecule has 5 nitrogen and oxygen atoms in total. The van der Waals surface area contributed by atoms with Crippen LogP contribution in [0.2, 0.25) is 0 Å². The molecular formula is C20H20N2O3. The Labute approximate surface area is 146 Å². The lowest BCUT2D eigenvalue weighted by Gasteiger charge is -2.12. The predicted octanol–water partition coefficient (Wildman–Crippen LogP) is 3.50. The Balaban J connectivity index is 1.58. The van der Waals surface area contributed by atoms with Crippen molar-refractivity contribution in [3.05, 3.63) is 77.7 Å². The van der Waals surface area contributed by atoms with Gasteiger partial charge >= 0.3 is 0 Å². The predicted molar refractivity (Wildman–Crippen MR) is 95.0 cm³/mol. The molecule has 1 atom stereocenters. The molecule has 2 aromatic heterocycles. The van der Waals surface area contributed by atoms with Crippen LogP contribution in [0.4, 0.5) is 0 Å². The minimum Gasteiger partial charge on any atom is -0.463 e. The van der Waals surface area contributed by atoms with Crippen molar-refractivity contribution >= 4 is 5.91 Å². The van der Waals surface area contributed by atoms with Gasteiger partial charge in [0, 0.05) is 6.54 Å². The second-order valence-electron chi connectivity index (χ2n) is 5.78. The molecule has 1 aromatic carbocycles. The Kier molecular flexibility index (Phi) is 5.26. The molecular weight excluding hydrogens is 316 g/mol. The third kappa shape index (κ3) is 4.14. The van der Waals surface area contributed by atoms with Gasteiger partial charge in [0.2, 0.25) is 0 Å². The Hall–Kier alpha value is -2.92. The van der Waals surface area contributed by atoms with Gasteiger partial charge in [0.15, 0.2) is 5.76 Å². The first-order chi connectivity index (χ1) is 12.1. The number of amides is 1. The first-order valence-electron chi connectivity index (χ1n) is 8.18. The van der Waals surface area contributed by atoms with Gasteiger partial charge in [-0.15, -0.1) is 0 Å². The number of rotatable bonds is 6. The number of furan rings is 1. The van der Waals surface area contributed by atoms with Gasteiger partial charge in [0.1, 0.15) is 5.69 Å². The van der Waals surface area contributed by atoms with Crippen molar-refractivity contribution in [1.29, 1.82) is 0 Å². The van der Waals surface area contributed by atoms with E-state index in [-0.39, 0.29) is 5.91 Å². The molecule has 5 heteroatoms. The van der Waals surface area contributed by atoms with Crippen LogP contribution >= 0.6 is 0 Å². The van der Waals surface area contributed by atoms with Gasteiger partial charge in [-0.3, -0.25) is 4.79 Å². The average Bonchev–Trinajstić information content (AvgIpc) is 3.17. The van der Waals surface area contributed by atoms with E-state index >= 15 is 0 Å². The van der Waals surface area contributed by atoms with E-state index < -0.39 is 6.10 Å². The number of aliphatic hydroxyl groups is 1. The van der Waals surface area contributed by atoms with Crippen LogP contribution in [-0.4, -0.2) is 22.5 Å². The Morgan fingerprint density at radius 2 is 1.96 bits per heavy atom. The van der Waals surface area contributed by atoms with Gasteiger partial charge in [0.05, 0.1) is 23.6 Å². The van der Waals surface area contributed by atoms with Gasteiger partial charge in [-0.25, -0.2) is 4.98 Å². The van der Waals surface area contributed by atoms with Crippen LogP contribution in [0.15, 0.2) is 65.3 Å². The van der Waals surface area contributed by atoms with Crippen LogP contribution in [0.5, 0.6) is 0 Å². The second kappa shape index (κ2) is 7.77. The van der Waals surface area contributed by atoms with Crippen LogP contribution in [0.3, 0.4) is 0 Å². The van der Waals surface area contributed by atoms with Crippen LogP contribution in [0, 0.1) is 6.92 Å². The highest BCUT2D eigenvalue weighted by Crippen LogP contribution is 2.19. The van der Waals surface area contributed by atoms with E-state index in [9.17, 15) is 9.90 Å². The van der Waals surface area contributed by atoms with Crippen molar-refractivity contribution in [2.24, 2.45) is 0 Å². The monoisotopic (exact) mass is 336 g/mol. The Morgan fingerprint density at radius 3 is 2.64 bits per heavy atom. The maximum absolute atomic E-state index is 12.3. The second-order valence-corrected chi connectivity index (χ2v) is 5.78. The first-order valence-corrected chi connectivity index (χ1v) is 8.18. The fourth-order valence-electron chi connectivity index (χ4n) is 2.62. The number of benzene rings is 1. The smallest absolute Gasteiger partial charge is 0.253 e. The highest BCUT2D eigenvalue weighted by atomic mass is 16.3. The molecule has 1 amide bonds. The van der Waals surface area contributed by atoms with Crippen LogP contribution in [0.1, 0.15) is 34.1 Å². The molecule has 128 valence electrons. The number of pyridine rings is 1. The van der Waals surface area contributed by atoms with Gasteiger partial charge in [-0.05, 0) is 43.2 Å². The zero-order chi connectivity index (χ0) is 17.6. The van der Waals surface area contributed by atoms with Gasteiger partial charge in [-0.2, -0.15) is 0 Å². The molecule has 3 aromatic rings. The minimum absolute atomic E-state index is 0.198. The molecule has 0 aliphatic heterocycles. The maximum atomic E-state index is 12.3. The summed E-state index contributed by atoms with van der Waals surface area (Å²) in [6.07, 6.45) is 1.44. The van der Waals surface area contributed by atoms with E-state index in [0.717, 1.165) is 5.56 Å². The van der Waals surface area contributed by atoms with Gasteiger partial charge < -0.3 is 14.8 Å². The van der Waals surface area contributed by atoms with E-state index in [1.54, 1.807) is 31.4 Å². The normalized spacial score (nSPS) is 11.9. The molecule has 2 N–H and O–H groups in total. The minimum atomic E-state index is -0.595. The third-order valence-corrected chi connectivity index (χ3v) is 3.99. The van der Waals surface area contributed by atoms with Crippen molar-refractivity contribution in [2.75, 3.05) is 6.54 Å². The lowest BCUT2D eigenvalue weighted by molar-refractivity contribution is 0.0941. The summed E-state index contributed by atoms with van der Waals surface area (Å²) in [6, 6.07) is 16.5. The number of nitrogens with zero attached hydrogens (tertiary/aromatic N) is 1. The number of aliphatic hydroxyl groups excluding tert-OH is 1. The lowest BCUT2D eigenvalue weighted by Crippen LogP contribution is -2.26. The summed E-state index contributed by atoms with van der Waals surface area (Å²) in [6.45, 7) is 2.18. The topological polar surface area (TPSA) is 75.4 Å². The SMILES string of the molecule is Cc1nc(-c2ccco2)ccc1C(=O)NCCC(O)c1ccccc1. The lowest BCUT2D eigenvalue weighted by atomic mass is 10.1. The number of carbonyl (C=O) groups excluding carboxylic acids is 1. The van der Waals surface area contributed by atoms with Crippen LogP contribution in [-0.2, 0) is 0 Å². The fraction of sp³-hybridized carbons (Fsp3) is 0.200. The molecule has 0 fully saturated rings. The van der Waals surface area contributed by atoms with Crippen molar-refractivity contribution in [3.63, 3.8) is 0 Å². The van der Waals surface area contributed by atoms with Crippen molar-refractivity contribution in [2.45, 2.75) is 19.4 Å². The number of hydrogen-bond donors (Lipinski definition) is 2. The summed E-state index contributed by atoms with van der Waals surface area (Å²) in [5.74, 6) is 0.470. The Morgan fingerprint density at radius 1 is 1.16 bits per heavy atom. The fourth-order valence-corrected chi connectivity index (χ4v) is 2.62. The molecule has 0 spiro atoms. The molecule has 0 aliphatic rings. The zero-order valence-electron chi connectivity index (χ0n) is 14.0. The van der Waals surface area contributed by atoms with Crippen molar-refractivity contribution < 1.29 is 14.3 Å².